The van der Waals surface area contributed by atoms with Crippen molar-refractivity contribution >= 4 is 17.0 Å². The van der Waals surface area contributed by atoms with Crippen LogP contribution in [0.25, 0.3) is 16.9 Å². The van der Waals surface area contributed by atoms with Gasteiger partial charge in [0, 0.05) is 6.20 Å². The van der Waals surface area contributed by atoms with Crippen molar-refractivity contribution in [2.45, 2.75) is 13.8 Å². The highest BCUT2D eigenvalue weighted by Crippen LogP contribution is 2.19. The summed E-state index contributed by atoms with van der Waals surface area (Å²) < 4.78 is 6.92. The van der Waals surface area contributed by atoms with E-state index >= 15 is 0 Å². The van der Waals surface area contributed by atoms with Gasteiger partial charge in [-0.15, -0.1) is 0 Å². The molecule has 3 aromatic rings. The number of carbonyl (C=O) groups excluding carboxylic acids is 1. The molecule has 5 nitrogen and oxygen atoms in total. The van der Waals surface area contributed by atoms with Crippen molar-refractivity contribution in [3.05, 3.63) is 54.0 Å². The summed E-state index contributed by atoms with van der Waals surface area (Å²) >= 11 is 0. The van der Waals surface area contributed by atoms with Crippen LogP contribution < -0.4 is 0 Å². The van der Waals surface area contributed by atoms with Gasteiger partial charge < -0.3 is 4.74 Å². The normalized spacial score (nSPS) is 10.8. The first-order valence-corrected chi connectivity index (χ1v) is 6.78. The number of rotatable bonds is 3. The highest BCUT2D eigenvalue weighted by Gasteiger charge is 2.11. The van der Waals surface area contributed by atoms with Gasteiger partial charge in [0.05, 0.1) is 23.2 Å². The van der Waals surface area contributed by atoms with Gasteiger partial charge in [0.15, 0.2) is 0 Å². The average molecular weight is 281 g/mol. The Balaban J connectivity index is 2.03. The number of hydrogen-bond donors (Lipinski definition) is 0. The Hall–Kier alpha value is -2.69. The number of hydrogen-bond acceptors (Lipinski definition) is 4. The highest BCUT2D eigenvalue weighted by molar-refractivity contribution is 5.89. The first kappa shape index (κ1) is 13.3. The molecule has 2 heterocycles. The quantitative estimate of drug-likeness (QED) is 0.693. The van der Waals surface area contributed by atoms with Crippen LogP contribution in [0.3, 0.4) is 0 Å². The maximum Gasteiger partial charge on any atom is 0.339 e. The number of esters is 1. The Kier molecular flexibility index (Phi) is 3.39. The van der Waals surface area contributed by atoms with Crippen LogP contribution >= 0.6 is 0 Å². The van der Waals surface area contributed by atoms with Crippen molar-refractivity contribution in [1.29, 1.82) is 0 Å². The molecule has 5 heteroatoms. The van der Waals surface area contributed by atoms with Gasteiger partial charge in [-0.2, -0.15) is 0 Å². The zero-order valence-electron chi connectivity index (χ0n) is 11.9. The summed E-state index contributed by atoms with van der Waals surface area (Å²) in [5.74, 6) is 1.23. The lowest BCUT2D eigenvalue weighted by Gasteiger charge is -2.07. The standard InChI is InChI=1S/C16H15N3O2/c1-3-21-16(20)12-8-9-15(17-10-12)19-11(2)18-13-6-4-5-7-14(13)19/h4-10H,3H2,1-2H3. The maximum absolute atomic E-state index is 11.6. The number of pyridine rings is 1. The minimum atomic E-state index is -0.358. The Morgan fingerprint density at radius 1 is 1.24 bits per heavy atom. The largest absolute Gasteiger partial charge is 0.462 e. The molecule has 0 saturated carbocycles. The number of aryl methyl sites for hydroxylation is 1. The molecule has 0 N–H and O–H groups in total. The maximum atomic E-state index is 11.6. The van der Waals surface area contributed by atoms with Crippen LogP contribution in [0.5, 0.6) is 0 Å². The molecular formula is C16H15N3O2. The van der Waals surface area contributed by atoms with Crippen LogP contribution in [-0.4, -0.2) is 27.1 Å². The van der Waals surface area contributed by atoms with Crippen LogP contribution in [0.2, 0.25) is 0 Å². The first-order chi connectivity index (χ1) is 10.2. The minimum absolute atomic E-state index is 0.353. The molecule has 0 radical (unpaired) electrons. The molecule has 0 spiro atoms. The third-order valence-corrected chi connectivity index (χ3v) is 3.22. The average Bonchev–Trinajstić information content (AvgIpc) is 2.83. The fourth-order valence-corrected chi connectivity index (χ4v) is 2.29. The Labute approximate surface area is 122 Å². The van der Waals surface area contributed by atoms with E-state index in [1.54, 1.807) is 19.1 Å². The van der Waals surface area contributed by atoms with Gasteiger partial charge in [0.2, 0.25) is 0 Å². The third-order valence-electron chi connectivity index (χ3n) is 3.22. The fraction of sp³-hybridized carbons (Fsp3) is 0.188. The van der Waals surface area contributed by atoms with Crippen molar-refractivity contribution in [1.82, 2.24) is 14.5 Å². The number of carbonyl (C=O) groups is 1. The summed E-state index contributed by atoms with van der Waals surface area (Å²) in [5, 5.41) is 0. The summed E-state index contributed by atoms with van der Waals surface area (Å²) in [6.45, 7) is 4.06. The van der Waals surface area contributed by atoms with Crippen molar-refractivity contribution in [2.24, 2.45) is 0 Å². The Morgan fingerprint density at radius 2 is 2.05 bits per heavy atom. The number of ether oxygens (including phenoxy) is 1. The van der Waals surface area contributed by atoms with E-state index in [0.29, 0.717) is 12.2 Å². The van der Waals surface area contributed by atoms with Gasteiger partial charge in [-0.3, -0.25) is 4.57 Å². The van der Waals surface area contributed by atoms with Gasteiger partial charge >= 0.3 is 5.97 Å². The van der Waals surface area contributed by atoms with Gasteiger partial charge in [-0.05, 0) is 38.1 Å². The lowest BCUT2D eigenvalue weighted by atomic mass is 10.3. The number of nitrogens with zero attached hydrogens (tertiary/aromatic N) is 3. The highest BCUT2D eigenvalue weighted by atomic mass is 16.5. The SMILES string of the molecule is CCOC(=O)c1ccc(-n2c(C)nc3ccccc32)nc1. The molecule has 106 valence electrons. The zero-order chi connectivity index (χ0) is 14.8. The van der Waals surface area contributed by atoms with Crippen LogP contribution in [0, 0.1) is 6.92 Å². The molecule has 0 fully saturated rings. The lowest BCUT2D eigenvalue weighted by molar-refractivity contribution is 0.0526. The molecule has 0 aliphatic rings. The second-order valence-corrected chi connectivity index (χ2v) is 4.61. The monoisotopic (exact) mass is 281 g/mol. The first-order valence-electron chi connectivity index (χ1n) is 6.78. The fourth-order valence-electron chi connectivity index (χ4n) is 2.29. The summed E-state index contributed by atoms with van der Waals surface area (Å²) in [6.07, 6.45) is 1.53. The second kappa shape index (κ2) is 5.36. The van der Waals surface area contributed by atoms with E-state index in [1.165, 1.54) is 6.20 Å². The van der Waals surface area contributed by atoms with Gasteiger partial charge in [0.1, 0.15) is 11.6 Å². The Morgan fingerprint density at radius 3 is 2.76 bits per heavy atom. The zero-order valence-corrected chi connectivity index (χ0v) is 11.9. The van der Waals surface area contributed by atoms with Crippen LogP contribution in [0.15, 0.2) is 42.6 Å². The van der Waals surface area contributed by atoms with Crippen LogP contribution in [0.1, 0.15) is 23.1 Å². The van der Waals surface area contributed by atoms with Crippen LogP contribution in [-0.2, 0) is 4.74 Å². The minimum Gasteiger partial charge on any atom is -0.462 e. The van der Waals surface area contributed by atoms with Gasteiger partial charge in [0.25, 0.3) is 0 Å². The number of aromatic nitrogens is 3. The molecule has 3 rings (SSSR count). The molecule has 0 amide bonds. The van der Waals surface area contributed by atoms with E-state index in [0.717, 1.165) is 22.7 Å². The van der Waals surface area contributed by atoms with E-state index in [-0.39, 0.29) is 5.97 Å². The number of imidazole rings is 1. The van der Waals surface area contributed by atoms with Crippen molar-refractivity contribution in [3.63, 3.8) is 0 Å². The number of para-hydroxylation sites is 2. The molecular weight excluding hydrogens is 266 g/mol. The van der Waals surface area contributed by atoms with E-state index in [1.807, 2.05) is 35.8 Å². The summed E-state index contributed by atoms with van der Waals surface area (Å²) in [4.78, 5) is 20.5. The predicted molar refractivity (Wildman–Crippen MR) is 79.6 cm³/mol. The smallest absolute Gasteiger partial charge is 0.339 e. The molecule has 21 heavy (non-hydrogen) atoms. The second-order valence-electron chi connectivity index (χ2n) is 4.61. The molecule has 0 atom stereocenters. The van der Waals surface area contributed by atoms with Gasteiger partial charge in [-0.25, -0.2) is 14.8 Å². The molecule has 0 aliphatic heterocycles. The van der Waals surface area contributed by atoms with E-state index < -0.39 is 0 Å². The predicted octanol–water partition coefficient (Wildman–Crippen LogP) is 2.91. The van der Waals surface area contributed by atoms with Gasteiger partial charge in [-0.1, -0.05) is 12.1 Å². The third kappa shape index (κ3) is 2.38. The summed E-state index contributed by atoms with van der Waals surface area (Å²) in [6, 6.07) is 11.4. The molecule has 0 unspecified atom stereocenters. The van der Waals surface area contributed by atoms with Crippen LogP contribution in [0.4, 0.5) is 0 Å². The lowest BCUT2D eigenvalue weighted by Crippen LogP contribution is -2.06. The Bertz CT molecular complexity index is 791. The molecule has 0 saturated heterocycles. The molecule has 0 aliphatic carbocycles. The molecule has 1 aromatic carbocycles. The van der Waals surface area contributed by atoms with E-state index in [4.69, 9.17) is 4.74 Å². The van der Waals surface area contributed by atoms with E-state index in [2.05, 4.69) is 9.97 Å². The summed E-state index contributed by atoms with van der Waals surface area (Å²) in [7, 11) is 0. The van der Waals surface area contributed by atoms with E-state index in [9.17, 15) is 4.79 Å². The molecule has 0 bridgehead atoms. The number of benzene rings is 1. The van der Waals surface area contributed by atoms with Crippen molar-refractivity contribution in [2.75, 3.05) is 6.61 Å². The number of fused-ring (bicyclic) bond motifs is 1. The van der Waals surface area contributed by atoms with Crippen molar-refractivity contribution < 1.29 is 9.53 Å². The van der Waals surface area contributed by atoms with Crippen molar-refractivity contribution in [3.8, 4) is 5.82 Å². The topological polar surface area (TPSA) is 57.0 Å². The summed E-state index contributed by atoms with van der Waals surface area (Å²) in [5.41, 5.74) is 2.36. The molecule has 2 aromatic heterocycles.